The summed E-state index contributed by atoms with van der Waals surface area (Å²) in [4.78, 5) is 15.0. The van der Waals surface area contributed by atoms with Gasteiger partial charge in [-0.1, -0.05) is 17.7 Å². The third kappa shape index (κ3) is 4.07. The summed E-state index contributed by atoms with van der Waals surface area (Å²) in [5, 5.41) is 3.62. The number of aryl methyl sites for hydroxylation is 1. The summed E-state index contributed by atoms with van der Waals surface area (Å²) in [6, 6.07) is 11.1. The number of ether oxygens (including phenoxy) is 1. The molecule has 0 bridgehead atoms. The van der Waals surface area contributed by atoms with Crippen molar-refractivity contribution in [3.63, 3.8) is 0 Å². The van der Waals surface area contributed by atoms with E-state index >= 15 is 0 Å². The average molecular weight is 359 g/mol. The van der Waals surface area contributed by atoms with Crippen molar-refractivity contribution >= 4 is 28.9 Å². The molecule has 0 unspecified atom stereocenters. The van der Waals surface area contributed by atoms with Gasteiger partial charge in [-0.05, 0) is 62.1 Å². The maximum atomic E-state index is 12.7. The minimum absolute atomic E-state index is 0.168. The standard InChI is InChI=1S/C20H23ClN2O2/c1-14-6-7-15(12-19(14)25-2)20(24)22-17-13-16(21)8-9-18(17)23-10-4-3-5-11-23/h6-9,12-13H,3-5,10-11H2,1-2H3,(H,22,24). The summed E-state index contributed by atoms with van der Waals surface area (Å²) < 4.78 is 5.31. The van der Waals surface area contributed by atoms with Crippen molar-refractivity contribution in [2.75, 3.05) is 30.4 Å². The van der Waals surface area contributed by atoms with Crippen LogP contribution < -0.4 is 15.0 Å². The lowest BCUT2D eigenvalue weighted by molar-refractivity contribution is 0.102. The van der Waals surface area contributed by atoms with Gasteiger partial charge in [0.05, 0.1) is 18.5 Å². The Morgan fingerprint density at radius 3 is 2.60 bits per heavy atom. The Kier molecular flexibility index (Phi) is 5.49. The summed E-state index contributed by atoms with van der Waals surface area (Å²) in [5.74, 6) is 0.536. The first-order valence-electron chi connectivity index (χ1n) is 8.59. The molecular weight excluding hydrogens is 336 g/mol. The molecule has 25 heavy (non-hydrogen) atoms. The number of halogens is 1. The highest BCUT2D eigenvalue weighted by Crippen LogP contribution is 2.32. The van der Waals surface area contributed by atoms with Gasteiger partial charge in [-0.25, -0.2) is 0 Å². The molecule has 1 fully saturated rings. The third-order valence-electron chi connectivity index (χ3n) is 4.57. The van der Waals surface area contributed by atoms with E-state index < -0.39 is 0 Å². The topological polar surface area (TPSA) is 41.6 Å². The molecule has 0 spiro atoms. The molecule has 1 N–H and O–H groups in total. The maximum absolute atomic E-state index is 12.7. The number of carbonyl (C=O) groups excluding carboxylic acids is 1. The maximum Gasteiger partial charge on any atom is 0.255 e. The first-order chi connectivity index (χ1) is 12.1. The van der Waals surface area contributed by atoms with Crippen molar-refractivity contribution < 1.29 is 9.53 Å². The molecule has 5 heteroatoms. The highest BCUT2D eigenvalue weighted by atomic mass is 35.5. The molecular formula is C20H23ClN2O2. The van der Waals surface area contributed by atoms with Gasteiger partial charge < -0.3 is 15.0 Å². The second-order valence-electron chi connectivity index (χ2n) is 6.35. The van der Waals surface area contributed by atoms with Gasteiger partial charge in [0.15, 0.2) is 0 Å². The van der Waals surface area contributed by atoms with Crippen molar-refractivity contribution in [3.8, 4) is 5.75 Å². The normalized spacial score (nSPS) is 14.3. The molecule has 1 heterocycles. The summed E-state index contributed by atoms with van der Waals surface area (Å²) >= 11 is 6.16. The van der Waals surface area contributed by atoms with Crippen LogP contribution in [-0.4, -0.2) is 26.1 Å². The van der Waals surface area contributed by atoms with Crippen LogP contribution in [0.3, 0.4) is 0 Å². The molecule has 0 radical (unpaired) electrons. The number of hydrogen-bond donors (Lipinski definition) is 1. The van der Waals surface area contributed by atoms with Crippen molar-refractivity contribution in [2.45, 2.75) is 26.2 Å². The Bertz CT molecular complexity index is 770. The SMILES string of the molecule is COc1cc(C(=O)Nc2cc(Cl)ccc2N2CCCCC2)ccc1C. The lowest BCUT2D eigenvalue weighted by atomic mass is 10.1. The number of anilines is 2. The fourth-order valence-corrected chi connectivity index (χ4v) is 3.35. The van der Waals surface area contributed by atoms with E-state index in [9.17, 15) is 4.79 Å². The van der Waals surface area contributed by atoms with Crippen LogP contribution in [0, 0.1) is 6.92 Å². The summed E-state index contributed by atoms with van der Waals surface area (Å²) in [6.45, 7) is 3.96. The highest BCUT2D eigenvalue weighted by molar-refractivity contribution is 6.31. The molecule has 1 aliphatic heterocycles. The number of nitrogens with one attached hydrogen (secondary N) is 1. The first kappa shape index (κ1) is 17.6. The predicted molar refractivity (Wildman–Crippen MR) is 103 cm³/mol. The van der Waals surface area contributed by atoms with Crippen LogP contribution in [-0.2, 0) is 0 Å². The van der Waals surface area contributed by atoms with E-state index in [1.807, 2.05) is 31.2 Å². The predicted octanol–water partition coefficient (Wildman–Crippen LogP) is 4.90. The summed E-state index contributed by atoms with van der Waals surface area (Å²) in [5.41, 5.74) is 3.33. The monoisotopic (exact) mass is 358 g/mol. The lowest BCUT2D eigenvalue weighted by Gasteiger charge is -2.30. The van der Waals surface area contributed by atoms with E-state index in [0.29, 0.717) is 16.3 Å². The highest BCUT2D eigenvalue weighted by Gasteiger charge is 2.17. The van der Waals surface area contributed by atoms with Gasteiger partial charge in [-0.3, -0.25) is 4.79 Å². The lowest BCUT2D eigenvalue weighted by Crippen LogP contribution is -2.30. The Balaban J connectivity index is 1.86. The van der Waals surface area contributed by atoms with Crippen LogP contribution in [0.25, 0.3) is 0 Å². The van der Waals surface area contributed by atoms with Crippen molar-refractivity contribution in [2.24, 2.45) is 0 Å². The summed E-state index contributed by atoms with van der Waals surface area (Å²) in [6.07, 6.45) is 3.60. The van der Waals surface area contributed by atoms with E-state index in [4.69, 9.17) is 16.3 Å². The van der Waals surface area contributed by atoms with Crippen molar-refractivity contribution in [1.29, 1.82) is 0 Å². The van der Waals surface area contributed by atoms with Crippen LogP contribution in [0.2, 0.25) is 5.02 Å². The number of benzene rings is 2. The zero-order chi connectivity index (χ0) is 17.8. The van der Waals surface area contributed by atoms with Gasteiger partial charge in [-0.2, -0.15) is 0 Å². The molecule has 0 aromatic heterocycles. The quantitative estimate of drug-likeness (QED) is 0.845. The van der Waals surface area contributed by atoms with E-state index in [-0.39, 0.29) is 5.91 Å². The zero-order valence-electron chi connectivity index (χ0n) is 14.6. The first-order valence-corrected chi connectivity index (χ1v) is 8.97. The molecule has 0 saturated carbocycles. The molecule has 1 amide bonds. The van der Waals surface area contributed by atoms with E-state index in [2.05, 4.69) is 10.2 Å². The molecule has 132 valence electrons. The van der Waals surface area contributed by atoms with Crippen molar-refractivity contribution in [3.05, 3.63) is 52.5 Å². The zero-order valence-corrected chi connectivity index (χ0v) is 15.4. The molecule has 2 aromatic rings. The minimum atomic E-state index is -0.168. The Hall–Kier alpha value is -2.20. The van der Waals surface area contributed by atoms with Gasteiger partial charge in [0, 0.05) is 23.7 Å². The number of hydrogen-bond acceptors (Lipinski definition) is 3. The van der Waals surface area contributed by atoms with Gasteiger partial charge in [0.1, 0.15) is 5.75 Å². The molecule has 3 rings (SSSR count). The Labute approximate surface area is 153 Å². The number of nitrogens with zero attached hydrogens (tertiary/aromatic N) is 1. The fraction of sp³-hybridized carbons (Fsp3) is 0.350. The fourth-order valence-electron chi connectivity index (χ4n) is 3.17. The molecule has 0 atom stereocenters. The van der Waals surface area contributed by atoms with Crippen molar-refractivity contribution in [1.82, 2.24) is 0 Å². The Morgan fingerprint density at radius 2 is 1.88 bits per heavy atom. The number of piperidine rings is 1. The molecule has 1 saturated heterocycles. The molecule has 1 aliphatic rings. The van der Waals surface area contributed by atoms with Gasteiger partial charge >= 0.3 is 0 Å². The van der Waals surface area contributed by atoms with Crippen LogP contribution in [0.15, 0.2) is 36.4 Å². The van der Waals surface area contributed by atoms with Gasteiger partial charge in [-0.15, -0.1) is 0 Å². The summed E-state index contributed by atoms with van der Waals surface area (Å²) in [7, 11) is 1.61. The second-order valence-corrected chi connectivity index (χ2v) is 6.78. The molecule has 0 aliphatic carbocycles. The van der Waals surface area contributed by atoms with Crippen LogP contribution in [0.1, 0.15) is 35.2 Å². The van der Waals surface area contributed by atoms with Crippen LogP contribution in [0.4, 0.5) is 11.4 Å². The van der Waals surface area contributed by atoms with Gasteiger partial charge in [0.25, 0.3) is 5.91 Å². The third-order valence-corrected chi connectivity index (χ3v) is 4.81. The molecule has 2 aromatic carbocycles. The van der Waals surface area contributed by atoms with E-state index in [0.717, 1.165) is 30.0 Å². The number of amides is 1. The minimum Gasteiger partial charge on any atom is -0.496 e. The average Bonchev–Trinajstić information content (AvgIpc) is 2.63. The molecule has 4 nitrogen and oxygen atoms in total. The number of methoxy groups -OCH3 is 1. The smallest absolute Gasteiger partial charge is 0.255 e. The van der Waals surface area contributed by atoms with E-state index in [1.54, 1.807) is 19.2 Å². The number of rotatable bonds is 4. The van der Waals surface area contributed by atoms with Crippen LogP contribution >= 0.6 is 11.6 Å². The van der Waals surface area contributed by atoms with E-state index in [1.165, 1.54) is 19.3 Å². The largest absolute Gasteiger partial charge is 0.496 e. The second kappa shape index (κ2) is 7.79. The van der Waals surface area contributed by atoms with Gasteiger partial charge in [0.2, 0.25) is 0 Å². The Morgan fingerprint density at radius 1 is 1.12 bits per heavy atom. The number of carbonyl (C=O) groups is 1. The van der Waals surface area contributed by atoms with Crippen LogP contribution in [0.5, 0.6) is 5.75 Å².